The second-order valence-electron chi connectivity index (χ2n) is 16.4. The van der Waals surface area contributed by atoms with Crippen molar-refractivity contribution in [2.75, 3.05) is 0 Å². The van der Waals surface area contributed by atoms with Crippen LogP contribution in [0.3, 0.4) is 0 Å². The van der Waals surface area contributed by atoms with Crippen molar-refractivity contribution in [1.82, 2.24) is 9.97 Å². The van der Waals surface area contributed by atoms with Crippen molar-refractivity contribution in [1.29, 1.82) is 0 Å². The smallest absolute Gasteiger partial charge is 0.161 e. The van der Waals surface area contributed by atoms with Crippen LogP contribution in [0, 0.1) is 0 Å². The lowest BCUT2D eigenvalue weighted by molar-refractivity contribution is 0.669. The van der Waals surface area contributed by atoms with Gasteiger partial charge in [0.1, 0.15) is 11.2 Å². The van der Waals surface area contributed by atoms with Crippen molar-refractivity contribution in [3.8, 4) is 78.4 Å². The minimum Gasteiger partial charge on any atom is -0.456 e. The van der Waals surface area contributed by atoms with Crippen LogP contribution in [0.15, 0.2) is 223 Å². The molecule has 13 rings (SSSR count). The van der Waals surface area contributed by atoms with Gasteiger partial charge in [0.15, 0.2) is 5.82 Å². The Morgan fingerprint density at radius 3 is 1.42 bits per heavy atom. The number of furan rings is 1. The van der Waals surface area contributed by atoms with Gasteiger partial charge in [-0.25, -0.2) is 9.97 Å². The van der Waals surface area contributed by atoms with Crippen molar-refractivity contribution in [2.24, 2.45) is 0 Å². The van der Waals surface area contributed by atoms with Crippen molar-refractivity contribution in [3.63, 3.8) is 0 Å². The molecule has 0 aliphatic heterocycles. The minimum atomic E-state index is -0.598. The van der Waals surface area contributed by atoms with Crippen molar-refractivity contribution in [2.45, 2.75) is 5.41 Å². The van der Waals surface area contributed by atoms with Gasteiger partial charge in [-0.05, 0) is 97.1 Å². The molecule has 3 heteroatoms. The van der Waals surface area contributed by atoms with E-state index < -0.39 is 5.41 Å². The van der Waals surface area contributed by atoms with Gasteiger partial charge in [-0.15, -0.1) is 0 Å². The standard InChI is InChI=1S/C59H36N2O/c1-2-16-37(17-3-1)40-18-4-7-25-49(40)58-60-54(36-55(61-58)39-31-33-48-47-24-11-15-29-56(47)62-57(48)35-39)38-30-32-46-45-23-10-14-28-52(45)59(53(46)34-38)50-26-12-8-21-43(50)41-19-5-6-20-42(41)44-22-9-13-27-51(44)59/h1-36H. The highest BCUT2D eigenvalue weighted by molar-refractivity contribution is 6.06. The molecule has 11 aromatic rings. The molecule has 0 unspecified atom stereocenters. The molecule has 0 radical (unpaired) electrons. The molecular formula is C59H36N2O. The number of para-hydroxylation sites is 1. The molecule has 2 aromatic heterocycles. The van der Waals surface area contributed by atoms with Gasteiger partial charge < -0.3 is 4.42 Å². The number of hydrogen-bond acceptors (Lipinski definition) is 3. The van der Waals surface area contributed by atoms with E-state index in [1.807, 2.05) is 12.1 Å². The highest BCUT2D eigenvalue weighted by atomic mass is 16.3. The molecule has 1 spiro atoms. The monoisotopic (exact) mass is 788 g/mol. The molecule has 288 valence electrons. The number of benzene rings is 9. The molecule has 0 atom stereocenters. The molecule has 2 heterocycles. The molecule has 0 amide bonds. The van der Waals surface area contributed by atoms with E-state index in [1.165, 1.54) is 55.6 Å². The minimum absolute atomic E-state index is 0.598. The van der Waals surface area contributed by atoms with Crippen LogP contribution in [0.5, 0.6) is 0 Å². The van der Waals surface area contributed by atoms with Crippen LogP contribution in [0.2, 0.25) is 0 Å². The Kier molecular flexibility index (Phi) is 7.52. The fourth-order valence-electron chi connectivity index (χ4n) is 10.5. The Balaban J connectivity index is 1.08. The Labute approximate surface area is 359 Å². The van der Waals surface area contributed by atoms with E-state index in [4.69, 9.17) is 14.4 Å². The van der Waals surface area contributed by atoms with Crippen LogP contribution in [-0.2, 0) is 5.41 Å². The zero-order valence-corrected chi connectivity index (χ0v) is 33.6. The van der Waals surface area contributed by atoms with E-state index in [0.717, 1.165) is 61.1 Å². The molecule has 0 saturated carbocycles. The second-order valence-corrected chi connectivity index (χ2v) is 16.4. The van der Waals surface area contributed by atoms with E-state index in [-0.39, 0.29) is 0 Å². The number of nitrogens with zero attached hydrogens (tertiary/aromatic N) is 2. The summed E-state index contributed by atoms with van der Waals surface area (Å²) in [5, 5.41) is 2.19. The highest BCUT2D eigenvalue weighted by Crippen LogP contribution is 2.61. The van der Waals surface area contributed by atoms with Gasteiger partial charge in [-0.1, -0.05) is 188 Å². The van der Waals surface area contributed by atoms with E-state index >= 15 is 0 Å². The number of fused-ring (bicyclic) bond motifs is 15. The number of hydrogen-bond donors (Lipinski definition) is 0. The van der Waals surface area contributed by atoms with Crippen molar-refractivity contribution >= 4 is 21.9 Å². The summed E-state index contributed by atoms with van der Waals surface area (Å²) in [7, 11) is 0. The molecule has 62 heavy (non-hydrogen) atoms. The van der Waals surface area contributed by atoms with Gasteiger partial charge in [0, 0.05) is 27.5 Å². The first kappa shape index (κ1) is 34.7. The first-order chi connectivity index (χ1) is 30.7. The van der Waals surface area contributed by atoms with Crippen LogP contribution in [0.25, 0.3) is 100 Å². The summed E-state index contributed by atoms with van der Waals surface area (Å²) in [5.74, 6) is 0.667. The third kappa shape index (κ3) is 5.00. The van der Waals surface area contributed by atoms with Gasteiger partial charge in [0.05, 0.1) is 16.8 Å². The zero-order chi connectivity index (χ0) is 40.8. The summed E-state index contributed by atoms with van der Waals surface area (Å²) in [6.07, 6.45) is 0. The predicted molar refractivity (Wildman–Crippen MR) is 253 cm³/mol. The van der Waals surface area contributed by atoms with E-state index in [9.17, 15) is 0 Å². The molecule has 0 fully saturated rings. The molecule has 2 aliphatic rings. The summed E-state index contributed by atoms with van der Waals surface area (Å²) >= 11 is 0. The van der Waals surface area contributed by atoms with Crippen LogP contribution in [-0.4, -0.2) is 9.97 Å². The first-order valence-electron chi connectivity index (χ1n) is 21.2. The third-order valence-corrected chi connectivity index (χ3v) is 13.2. The fourth-order valence-corrected chi connectivity index (χ4v) is 10.5. The lowest BCUT2D eigenvalue weighted by atomic mass is 9.65. The molecule has 2 aliphatic carbocycles. The molecule has 9 aromatic carbocycles. The largest absolute Gasteiger partial charge is 0.456 e. The van der Waals surface area contributed by atoms with Crippen LogP contribution in [0.1, 0.15) is 22.3 Å². The maximum absolute atomic E-state index is 6.41. The average molecular weight is 789 g/mol. The van der Waals surface area contributed by atoms with Gasteiger partial charge in [-0.3, -0.25) is 0 Å². The van der Waals surface area contributed by atoms with Crippen molar-refractivity contribution < 1.29 is 4.42 Å². The maximum Gasteiger partial charge on any atom is 0.161 e. The van der Waals surface area contributed by atoms with Crippen molar-refractivity contribution in [3.05, 3.63) is 241 Å². The summed E-state index contributed by atoms with van der Waals surface area (Å²) in [5.41, 5.74) is 20.5. The Hall–Kier alpha value is -8.14. The van der Waals surface area contributed by atoms with Gasteiger partial charge in [0.25, 0.3) is 0 Å². The lowest BCUT2D eigenvalue weighted by Gasteiger charge is -2.35. The normalized spacial score (nSPS) is 13.0. The van der Waals surface area contributed by atoms with Crippen LogP contribution in [0.4, 0.5) is 0 Å². The Morgan fingerprint density at radius 2 is 0.758 bits per heavy atom. The second kappa shape index (κ2) is 13.4. The van der Waals surface area contributed by atoms with Crippen LogP contribution < -0.4 is 0 Å². The summed E-state index contributed by atoms with van der Waals surface area (Å²) in [4.78, 5) is 10.9. The number of rotatable bonds is 4. The molecule has 3 nitrogen and oxygen atoms in total. The van der Waals surface area contributed by atoms with Gasteiger partial charge in [-0.2, -0.15) is 0 Å². The fraction of sp³-hybridized carbons (Fsp3) is 0.0169. The van der Waals surface area contributed by atoms with E-state index in [2.05, 4.69) is 206 Å². The average Bonchev–Trinajstić information content (AvgIpc) is 3.83. The number of aromatic nitrogens is 2. The van der Waals surface area contributed by atoms with E-state index in [0.29, 0.717) is 5.82 Å². The topological polar surface area (TPSA) is 38.9 Å². The summed E-state index contributed by atoms with van der Waals surface area (Å²) < 4.78 is 6.41. The SMILES string of the molecule is c1ccc(-c2ccccc2-c2nc(-c3ccc4c(c3)C3(c5ccccc5-c5ccccc5-c5ccccc53)c3ccccc3-4)cc(-c3ccc4c(c3)oc3ccccc34)n2)cc1. The quantitative estimate of drug-likeness (QED) is 0.178. The first-order valence-corrected chi connectivity index (χ1v) is 21.2. The summed E-state index contributed by atoms with van der Waals surface area (Å²) in [6.45, 7) is 0. The Morgan fingerprint density at radius 1 is 0.290 bits per heavy atom. The zero-order valence-electron chi connectivity index (χ0n) is 33.6. The maximum atomic E-state index is 6.41. The molecule has 0 bridgehead atoms. The molecule has 0 saturated heterocycles. The molecule has 0 N–H and O–H groups in total. The lowest BCUT2D eigenvalue weighted by Crippen LogP contribution is -2.29. The highest BCUT2D eigenvalue weighted by Gasteiger charge is 2.49. The molecular weight excluding hydrogens is 753 g/mol. The van der Waals surface area contributed by atoms with Gasteiger partial charge >= 0.3 is 0 Å². The Bertz CT molecular complexity index is 3530. The predicted octanol–water partition coefficient (Wildman–Crippen LogP) is 15.1. The summed E-state index contributed by atoms with van der Waals surface area (Å²) in [6, 6.07) is 78.7. The third-order valence-electron chi connectivity index (χ3n) is 13.2. The van der Waals surface area contributed by atoms with E-state index in [1.54, 1.807) is 0 Å². The van der Waals surface area contributed by atoms with Crippen LogP contribution >= 0.6 is 0 Å². The van der Waals surface area contributed by atoms with Gasteiger partial charge in [0.2, 0.25) is 0 Å².